The molecule has 2 saturated carbocycles. The fraction of sp³-hybridized carbons (Fsp3) is 0.700. The van der Waals surface area contributed by atoms with Gasteiger partial charge in [-0.05, 0) is 56.4 Å². The molecule has 1 amide bonds. The molecule has 0 aromatic carbocycles. The molecule has 0 saturated heterocycles. The minimum atomic E-state index is -1.20. The maximum absolute atomic E-state index is 12.7. The number of rotatable bonds is 9. The van der Waals surface area contributed by atoms with Crippen molar-refractivity contribution in [2.75, 3.05) is 6.61 Å². The minimum absolute atomic E-state index is 0.0682. The van der Waals surface area contributed by atoms with E-state index >= 15 is 0 Å². The predicted molar refractivity (Wildman–Crippen MR) is 95.0 cm³/mol. The molecular formula is C20H29NO4. The third-order valence-electron chi connectivity index (χ3n) is 5.84. The van der Waals surface area contributed by atoms with Crippen LogP contribution in [0.1, 0.15) is 52.4 Å². The van der Waals surface area contributed by atoms with Crippen LogP contribution in [0.2, 0.25) is 0 Å². The van der Waals surface area contributed by atoms with Gasteiger partial charge in [0.1, 0.15) is 5.54 Å². The van der Waals surface area contributed by atoms with Crippen molar-refractivity contribution >= 4 is 11.9 Å². The number of nitrogens with one attached hydrogen (secondary N) is 1. The van der Waals surface area contributed by atoms with Gasteiger partial charge in [0.25, 0.3) is 5.91 Å². The lowest BCUT2D eigenvalue weighted by Crippen LogP contribution is -2.54. The van der Waals surface area contributed by atoms with E-state index in [0.717, 1.165) is 6.61 Å². The first-order valence-electron chi connectivity index (χ1n) is 9.56. The number of carbonyl (C=O) groups excluding carboxylic acids is 1. The van der Waals surface area contributed by atoms with Gasteiger partial charge in [-0.1, -0.05) is 26.0 Å². The van der Waals surface area contributed by atoms with E-state index in [2.05, 4.69) is 11.4 Å². The van der Waals surface area contributed by atoms with E-state index in [-0.39, 0.29) is 12.0 Å². The Hall–Kier alpha value is -1.62. The highest BCUT2D eigenvalue weighted by molar-refractivity contribution is 5.99. The van der Waals surface area contributed by atoms with E-state index in [9.17, 15) is 14.7 Å². The molecule has 2 atom stereocenters. The van der Waals surface area contributed by atoms with E-state index in [1.54, 1.807) is 13.8 Å². The van der Waals surface area contributed by atoms with Gasteiger partial charge in [-0.2, -0.15) is 0 Å². The molecule has 2 unspecified atom stereocenters. The second-order valence-electron chi connectivity index (χ2n) is 7.69. The molecule has 3 rings (SSSR count). The highest BCUT2D eigenvalue weighted by Gasteiger charge is 2.40. The smallest absolute Gasteiger partial charge is 0.329 e. The zero-order valence-electron chi connectivity index (χ0n) is 15.2. The molecule has 0 aromatic heterocycles. The lowest BCUT2D eigenvalue weighted by Gasteiger charge is -2.30. The third kappa shape index (κ3) is 4.14. The van der Waals surface area contributed by atoms with Gasteiger partial charge in [-0.25, -0.2) is 4.79 Å². The van der Waals surface area contributed by atoms with Crippen LogP contribution in [-0.2, 0) is 14.3 Å². The van der Waals surface area contributed by atoms with E-state index < -0.39 is 11.5 Å². The van der Waals surface area contributed by atoms with Crippen molar-refractivity contribution in [1.29, 1.82) is 0 Å². The first kappa shape index (κ1) is 18.2. The van der Waals surface area contributed by atoms with Gasteiger partial charge in [0.2, 0.25) is 0 Å². The summed E-state index contributed by atoms with van der Waals surface area (Å²) in [6.45, 7) is 4.33. The molecule has 0 spiro atoms. The Balaban J connectivity index is 1.70. The largest absolute Gasteiger partial charge is 0.480 e. The van der Waals surface area contributed by atoms with Crippen molar-refractivity contribution < 1.29 is 19.4 Å². The van der Waals surface area contributed by atoms with Crippen LogP contribution in [0.4, 0.5) is 0 Å². The Labute approximate surface area is 149 Å². The topological polar surface area (TPSA) is 75.6 Å². The average molecular weight is 347 g/mol. The summed E-state index contributed by atoms with van der Waals surface area (Å²) in [4.78, 5) is 24.3. The Morgan fingerprint density at radius 2 is 1.92 bits per heavy atom. The zero-order valence-corrected chi connectivity index (χ0v) is 15.2. The Kier molecular flexibility index (Phi) is 5.32. The van der Waals surface area contributed by atoms with E-state index in [0.29, 0.717) is 36.2 Å². The van der Waals surface area contributed by atoms with Gasteiger partial charge < -0.3 is 15.2 Å². The van der Waals surface area contributed by atoms with Crippen LogP contribution >= 0.6 is 0 Å². The molecule has 138 valence electrons. The van der Waals surface area contributed by atoms with Crippen LogP contribution in [0, 0.1) is 17.8 Å². The second kappa shape index (κ2) is 7.32. The summed E-state index contributed by atoms with van der Waals surface area (Å²) in [6, 6.07) is 0. The van der Waals surface area contributed by atoms with Crippen molar-refractivity contribution in [2.24, 2.45) is 17.8 Å². The molecular weight excluding hydrogens is 318 g/mol. The van der Waals surface area contributed by atoms with Gasteiger partial charge in [0.05, 0.1) is 12.7 Å². The first-order chi connectivity index (χ1) is 12.0. The Morgan fingerprint density at radius 1 is 1.24 bits per heavy atom. The standard InChI is InChI=1S/C20H29NO4/c1-3-20(4-2,19(23)24)21-18(22)15-9-10-16(14-7-8-14)17(11-15)25-12-13-5-6-13/h9-11,13-14,16-17H,3-8,12H2,1-2H3,(H,21,22)(H,23,24). The molecule has 5 heteroatoms. The van der Waals surface area contributed by atoms with E-state index in [1.807, 2.05) is 12.2 Å². The van der Waals surface area contributed by atoms with Gasteiger partial charge in [0.15, 0.2) is 0 Å². The lowest BCUT2D eigenvalue weighted by atomic mass is 9.88. The van der Waals surface area contributed by atoms with Gasteiger partial charge in [0, 0.05) is 11.5 Å². The number of amides is 1. The summed E-state index contributed by atoms with van der Waals surface area (Å²) in [5.74, 6) is 0.374. The van der Waals surface area contributed by atoms with Crippen LogP contribution in [0.5, 0.6) is 0 Å². The summed E-state index contributed by atoms with van der Waals surface area (Å²) in [5, 5.41) is 12.3. The zero-order chi connectivity index (χ0) is 18.0. The Bertz CT molecular complexity index is 583. The molecule has 2 N–H and O–H groups in total. The number of carboxylic acids is 1. The van der Waals surface area contributed by atoms with Crippen molar-refractivity contribution in [3.05, 3.63) is 23.8 Å². The van der Waals surface area contributed by atoms with Gasteiger partial charge in [-0.3, -0.25) is 4.79 Å². The monoisotopic (exact) mass is 347 g/mol. The number of hydrogen-bond acceptors (Lipinski definition) is 3. The first-order valence-corrected chi connectivity index (χ1v) is 9.56. The summed E-state index contributed by atoms with van der Waals surface area (Å²) in [6.07, 6.45) is 11.4. The van der Waals surface area contributed by atoms with Crippen molar-refractivity contribution in [1.82, 2.24) is 5.32 Å². The normalized spacial score (nSPS) is 26.2. The third-order valence-corrected chi connectivity index (χ3v) is 5.84. The predicted octanol–water partition coefficient (Wildman–Crippen LogP) is 3.06. The average Bonchev–Trinajstić information content (AvgIpc) is 3.50. The SMILES string of the molecule is CCC(CC)(NC(=O)C1=CC(OCC2CC2)C(C2CC2)C=C1)C(=O)O. The molecule has 3 aliphatic rings. The maximum atomic E-state index is 12.7. The molecule has 3 aliphatic carbocycles. The van der Waals surface area contributed by atoms with Crippen LogP contribution in [0.15, 0.2) is 23.8 Å². The van der Waals surface area contributed by atoms with Crippen LogP contribution in [-0.4, -0.2) is 35.2 Å². The fourth-order valence-electron chi connectivity index (χ4n) is 3.49. The summed E-state index contributed by atoms with van der Waals surface area (Å²) in [7, 11) is 0. The van der Waals surface area contributed by atoms with Crippen LogP contribution in [0.25, 0.3) is 0 Å². The molecule has 25 heavy (non-hydrogen) atoms. The van der Waals surface area contributed by atoms with Gasteiger partial charge in [-0.15, -0.1) is 0 Å². The minimum Gasteiger partial charge on any atom is -0.480 e. The molecule has 0 bridgehead atoms. The molecule has 0 heterocycles. The highest BCUT2D eigenvalue weighted by atomic mass is 16.5. The lowest BCUT2D eigenvalue weighted by molar-refractivity contribution is -0.147. The maximum Gasteiger partial charge on any atom is 0.329 e. The fourth-order valence-corrected chi connectivity index (χ4v) is 3.49. The molecule has 0 aliphatic heterocycles. The van der Waals surface area contributed by atoms with Gasteiger partial charge >= 0.3 is 5.97 Å². The second-order valence-corrected chi connectivity index (χ2v) is 7.69. The van der Waals surface area contributed by atoms with Crippen LogP contribution < -0.4 is 5.32 Å². The molecule has 0 aromatic rings. The van der Waals surface area contributed by atoms with Crippen molar-refractivity contribution in [2.45, 2.75) is 64.0 Å². The molecule has 2 fully saturated rings. The summed E-state index contributed by atoms with van der Waals surface area (Å²) in [5.41, 5.74) is -0.686. The highest BCUT2D eigenvalue weighted by Crippen LogP contribution is 2.42. The number of ether oxygens (including phenoxy) is 1. The summed E-state index contributed by atoms with van der Waals surface area (Å²) >= 11 is 0. The molecule has 0 radical (unpaired) electrons. The van der Waals surface area contributed by atoms with E-state index in [4.69, 9.17) is 4.74 Å². The van der Waals surface area contributed by atoms with Crippen molar-refractivity contribution in [3.8, 4) is 0 Å². The Morgan fingerprint density at radius 3 is 2.44 bits per heavy atom. The van der Waals surface area contributed by atoms with Crippen LogP contribution in [0.3, 0.4) is 0 Å². The summed E-state index contributed by atoms with van der Waals surface area (Å²) < 4.78 is 6.11. The number of carbonyl (C=O) groups is 2. The van der Waals surface area contributed by atoms with Crippen molar-refractivity contribution in [3.63, 3.8) is 0 Å². The number of hydrogen-bond donors (Lipinski definition) is 2. The quantitative estimate of drug-likeness (QED) is 0.672. The van der Waals surface area contributed by atoms with E-state index in [1.165, 1.54) is 25.7 Å². The number of aliphatic carboxylic acids is 1. The molecule has 5 nitrogen and oxygen atoms in total. The number of carboxylic acid groups (broad SMARTS) is 1.